The van der Waals surface area contributed by atoms with Crippen LogP contribution in [-0.4, -0.2) is 20.1 Å². The van der Waals surface area contributed by atoms with E-state index >= 15 is 0 Å². The van der Waals surface area contributed by atoms with E-state index in [0.29, 0.717) is 0 Å². The molecule has 0 aliphatic heterocycles. The Kier molecular flexibility index (Phi) is 9.52. The van der Waals surface area contributed by atoms with Crippen LogP contribution in [0.1, 0.15) is 57.8 Å². The highest BCUT2D eigenvalue weighted by molar-refractivity contribution is 4.94. The highest BCUT2D eigenvalue weighted by Crippen LogP contribution is 2.23. The van der Waals surface area contributed by atoms with Crippen LogP contribution in [0.4, 0.5) is 0 Å². The second kappa shape index (κ2) is 11.1. The number of rotatable bonds is 9. The fourth-order valence-corrected chi connectivity index (χ4v) is 2.73. The van der Waals surface area contributed by atoms with Gasteiger partial charge in [-0.05, 0) is 70.9 Å². The molecule has 19 heavy (non-hydrogen) atoms. The summed E-state index contributed by atoms with van der Waals surface area (Å²) in [6.07, 6.45) is 16.3. The van der Waals surface area contributed by atoms with E-state index in [-0.39, 0.29) is 0 Å². The van der Waals surface area contributed by atoms with Crippen LogP contribution in [0.5, 0.6) is 0 Å². The van der Waals surface area contributed by atoms with Crippen molar-refractivity contribution in [1.29, 1.82) is 0 Å². The minimum atomic E-state index is 0.842. The van der Waals surface area contributed by atoms with E-state index < -0.39 is 0 Å². The minimum Gasteiger partial charge on any atom is -0.389 e. The van der Waals surface area contributed by atoms with Gasteiger partial charge >= 0.3 is 0 Å². The van der Waals surface area contributed by atoms with E-state index in [9.17, 15) is 0 Å². The Labute approximate surface area is 119 Å². The van der Waals surface area contributed by atoms with Crippen LogP contribution in [-0.2, 0) is 0 Å². The van der Waals surface area contributed by atoms with Crippen molar-refractivity contribution in [1.82, 2.24) is 10.6 Å². The molecule has 2 N–H and O–H groups in total. The standard InChI is InChI=1S/C17H32N2/c1-16(19-14-10-6-9-13-18-2)15-17-11-7-4-3-5-8-12-17/h3-4,17-19H,1,5-15H2,2H3/b4-3+. The summed E-state index contributed by atoms with van der Waals surface area (Å²) in [7, 11) is 2.02. The van der Waals surface area contributed by atoms with E-state index in [4.69, 9.17) is 0 Å². The smallest absolute Gasteiger partial charge is 0.0143 e. The maximum absolute atomic E-state index is 4.20. The Morgan fingerprint density at radius 2 is 1.89 bits per heavy atom. The molecule has 2 heteroatoms. The van der Waals surface area contributed by atoms with E-state index in [1.54, 1.807) is 0 Å². The Bertz CT molecular complexity index is 258. The Hall–Kier alpha value is -0.760. The molecular weight excluding hydrogens is 232 g/mol. The number of allylic oxidation sites excluding steroid dienone is 3. The van der Waals surface area contributed by atoms with Crippen molar-refractivity contribution >= 4 is 0 Å². The Morgan fingerprint density at radius 1 is 1.11 bits per heavy atom. The zero-order chi connectivity index (χ0) is 13.8. The molecule has 0 radical (unpaired) electrons. The first-order valence-electron chi connectivity index (χ1n) is 8.04. The summed E-state index contributed by atoms with van der Waals surface area (Å²) in [5.41, 5.74) is 1.25. The fraction of sp³-hybridized carbons (Fsp3) is 0.765. The normalized spacial score (nSPS) is 21.4. The van der Waals surface area contributed by atoms with Crippen LogP contribution in [0.2, 0.25) is 0 Å². The molecule has 2 nitrogen and oxygen atoms in total. The molecule has 0 fully saturated rings. The van der Waals surface area contributed by atoms with Crippen LogP contribution >= 0.6 is 0 Å². The molecule has 0 amide bonds. The van der Waals surface area contributed by atoms with Crippen LogP contribution < -0.4 is 10.6 Å². The largest absolute Gasteiger partial charge is 0.389 e. The average Bonchev–Trinajstić information content (AvgIpc) is 2.37. The molecule has 1 aliphatic rings. The molecule has 1 atom stereocenters. The molecule has 0 aromatic rings. The average molecular weight is 264 g/mol. The molecule has 0 aromatic carbocycles. The van der Waals surface area contributed by atoms with Crippen molar-refractivity contribution in [2.75, 3.05) is 20.1 Å². The summed E-state index contributed by atoms with van der Waals surface area (Å²) in [5.74, 6) is 0.842. The lowest BCUT2D eigenvalue weighted by molar-refractivity contribution is 0.422. The van der Waals surface area contributed by atoms with Gasteiger partial charge in [-0.1, -0.05) is 25.2 Å². The van der Waals surface area contributed by atoms with Crippen molar-refractivity contribution in [3.05, 3.63) is 24.4 Å². The predicted molar refractivity (Wildman–Crippen MR) is 85.3 cm³/mol. The number of hydrogen-bond donors (Lipinski definition) is 2. The first kappa shape index (κ1) is 16.3. The Morgan fingerprint density at radius 3 is 2.74 bits per heavy atom. The summed E-state index contributed by atoms with van der Waals surface area (Å²) >= 11 is 0. The van der Waals surface area contributed by atoms with Crippen LogP contribution in [0.25, 0.3) is 0 Å². The molecule has 0 spiro atoms. The molecule has 110 valence electrons. The van der Waals surface area contributed by atoms with Gasteiger partial charge in [0, 0.05) is 12.2 Å². The third-order valence-electron chi connectivity index (χ3n) is 3.91. The SMILES string of the molecule is C=C(CC1CC/C=C/CCC1)NCCCCCNC. The van der Waals surface area contributed by atoms with Gasteiger partial charge in [0.25, 0.3) is 0 Å². The van der Waals surface area contributed by atoms with Crippen molar-refractivity contribution < 1.29 is 0 Å². The van der Waals surface area contributed by atoms with Crippen molar-refractivity contribution in [3.63, 3.8) is 0 Å². The van der Waals surface area contributed by atoms with E-state index in [2.05, 4.69) is 29.4 Å². The second-order valence-corrected chi connectivity index (χ2v) is 5.74. The zero-order valence-corrected chi connectivity index (χ0v) is 12.7. The van der Waals surface area contributed by atoms with Crippen LogP contribution in [0.3, 0.4) is 0 Å². The number of nitrogens with one attached hydrogen (secondary N) is 2. The summed E-state index contributed by atoms with van der Waals surface area (Å²) in [4.78, 5) is 0. The molecule has 1 aliphatic carbocycles. The number of unbranched alkanes of at least 4 members (excludes halogenated alkanes) is 2. The van der Waals surface area contributed by atoms with E-state index in [1.807, 2.05) is 7.05 Å². The summed E-state index contributed by atoms with van der Waals surface area (Å²) in [6, 6.07) is 0. The van der Waals surface area contributed by atoms with Gasteiger partial charge in [-0.25, -0.2) is 0 Å². The third kappa shape index (κ3) is 8.88. The van der Waals surface area contributed by atoms with Gasteiger partial charge in [-0.15, -0.1) is 0 Å². The predicted octanol–water partition coefficient (Wildman–Crippen LogP) is 4.01. The van der Waals surface area contributed by atoms with Gasteiger partial charge in [0.15, 0.2) is 0 Å². The summed E-state index contributed by atoms with van der Waals surface area (Å²) < 4.78 is 0. The van der Waals surface area contributed by atoms with E-state index in [0.717, 1.165) is 19.0 Å². The number of hydrogen-bond acceptors (Lipinski definition) is 2. The molecular formula is C17H32N2. The van der Waals surface area contributed by atoms with Crippen molar-refractivity contribution in [3.8, 4) is 0 Å². The lowest BCUT2D eigenvalue weighted by Crippen LogP contribution is -2.17. The van der Waals surface area contributed by atoms with Gasteiger partial charge in [0.1, 0.15) is 0 Å². The van der Waals surface area contributed by atoms with Gasteiger partial charge in [0.05, 0.1) is 0 Å². The van der Waals surface area contributed by atoms with Crippen LogP contribution in [0.15, 0.2) is 24.4 Å². The second-order valence-electron chi connectivity index (χ2n) is 5.74. The molecule has 0 bridgehead atoms. The highest BCUT2D eigenvalue weighted by Gasteiger charge is 2.10. The van der Waals surface area contributed by atoms with E-state index in [1.165, 1.54) is 63.5 Å². The van der Waals surface area contributed by atoms with Crippen LogP contribution in [0, 0.1) is 5.92 Å². The Balaban J connectivity index is 2.04. The lowest BCUT2D eigenvalue weighted by atomic mass is 9.90. The molecule has 0 aromatic heterocycles. The van der Waals surface area contributed by atoms with Gasteiger partial charge in [0.2, 0.25) is 0 Å². The summed E-state index contributed by atoms with van der Waals surface area (Å²) in [5, 5.41) is 6.70. The first-order valence-corrected chi connectivity index (χ1v) is 8.04. The van der Waals surface area contributed by atoms with Crippen molar-refractivity contribution in [2.24, 2.45) is 5.92 Å². The maximum atomic E-state index is 4.20. The lowest BCUT2D eigenvalue weighted by Gasteiger charge is -2.19. The minimum absolute atomic E-state index is 0.842. The quantitative estimate of drug-likeness (QED) is 0.486. The van der Waals surface area contributed by atoms with Gasteiger partial charge in [-0.2, -0.15) is 0 Å². The summed E-state index contributed by atoms with van der Waals surface area (Å²) in [6.45, 7) is 6.42. The molecule has 0 heterocycles. The highest BCUT2D eigenvalue weighted by atomic mass is 14.9. The fourth-order valence-electron chi connectivity index (χ4n) is 2.73. The van der Waals surface area contributed by atoms with Gasteiger partial charge in [-0.3, -0.25) is 0 Å². The molecule has 1 rings (SSSR count). The topological polar surface area (TPSA) is 24.1 Å². The maximum Gasteiger partial charge on any atom is 0.0143 e. The molecule has 0 saturated carbocycles. The monoisotopic (exact) mass is 264 g/mol. The third-order valence-corrected chi connectivity index (χ3v) is 3.91. The van der Waals surface area contributed by atoms with Crippen molar-refractivity contribution in [2.45, 2.75) is 57.8 Å². The first-order chi connectivity index (χ1) is 9.33. The van der Waals surface area contributed by atoms with Gasteiger partial charge < -0.3 is 10.6 Å². The molecule has 0 saturated heterocycles. The zero-order valence-electron chi connectivity index (χ0n) is 12.7. The molecule has 1 unspecified atom stereocenters.